The SMILES string of the molecule is CC(C)C(=O)N(c1n[nH]c(=S)s1)N(C(=O)OCc1ccccc1)C(=O)[C@@H](N)Cc1ccc(OCc2ccccc2)cc1. The number of rotatable bonds is 10. The number of imide groups is 1. The first kappa shape index (κ1) is 30.6. The van der Waals surface area contributed by atoms with Crippen molar-refractivity contribution in [2.45, 2.75) is 39.5 Å². The van der Waals surface area contributed by atoms with Gasteiger partial charge in [-0.15, -0.1) is 10.1 Å². The highest BCUT2D eigenvalue weighted by molar-refractivity contribution is 7.73. The number of nitrogens with one attached hydrogen (secondary N) is 1. The van der Waals surface area contributed by atoms with Crippen LogP contribution in [0.2, 0.25) is 0 Å². The molecule has 10 nitrogen and oxygen atoms in total. The van der Waals surface area contributed by atoms with E-state index in [0.29, 0.717) is 22.9 Å². The second-order valence-electron chi connectivity index (χ2n) is 9.62. The average Bonchev–Trinajstić information content (AvgIpc) is 3.44. The molecule has 12 heteroatoms. The topological polar surface area (TPSA) is 131 Å². The maximum atomic E-state index is 13.8. The van der Waals surface area contributed by atoms with Gasteiger partial charge >= 0.3 is 6.09 Å². The maximum Gasteiger partial charge on any atom is 0.437 e. The van der Waals surface area contributed by atoms with E-state index >= 15 is 0 Å². The quantitative estimate of drug-likeness (QED) is 0.181. The average molecular weight is 606 g/mol. The molecule has 4 aromatic rings. The molecule has 42 heavy (non-hydrogen) atoms. The molecule has 4 rings (SSSR count). The lowest BCUT2D eigenvalue weighted by molar-refractivity contribution is -0.137. The highest BCUT2D eigenvalue weighted by Gasteiger charge is 2.39. The van der Waals surface area contributed by atoms with Crippen LogP contribution in [-0.2, 0) is 34.0 Å². The number of H-pyrrole nitrogens is 1. The molecule has 0 aliphatic rings. The van der Waals surface area contributed by atoms with Crippen LogP contribution < -0.4 is 15.5 Å². The van der Waals surface area contributed by atoms with Crippen molar-refractivity contribution in [3.05, 3.63) is 106 Å². The third-order valence-electron chi connectivity index (χ3n) is 6.04. The van der Waals surface area contributed by atoms with Gasteiger partial charge in [0.2, 0.25) is 5.13 Å². The molecule has 3 amide bonds. The fraction of sp³-hybridized carbons (Fsp3) is 0.233. The molecule has 0 fully saturated rings. The van der Waals surface area contributed by atoms with E-state index in [4.69, 9.17) is 27.4 Å². The monoisotopic (exact) mass is 605 g/mol. The number of hydrogen-bond acceptors (Lipinski definition) is 9. The highest BCUT2D eigenvalue weighted by atomic mass is 32.1. The number of aromatic nitrogens is 2. The van der Waals surface area contributed by atoms with E-state index < -0.39 is 29.9 Å². The zero-order valence-electron chi connectivity index (χ0n) is 23.1. The first-order valence-electron chi connectivity index (χ1n) is 13.2. The minimum absolute atomic E-state index is 0.0100. The zero-order chi connectivity index (χ0) is 30.1. The molecule has 1 atom stereocenters. The Morgan fingerprint density at radius 3 is 2.02 bits per heavy atom. The zero-order valence-corrected chi connectivity index (χ0v) is 24.8. The summed E-state index contributed by atoms with van der Waals surface area (Å²) in [5, 5.41) is 8.16. The predicted octanol–water partition coefficient (Wildman–Crippen LogP) is 5.42. The third-order valence-corrected chi connectivity index (χ3v) is 7.11. The first-order chi connectivity index (χ1) is 20.2. The smallest absolute Gasteiger partial charge is 0.437 e. The number of aromatic amines is 1. The number of amides is 3. The second-order valence-corrected chi connectivity index (χ2v) is 11.3. The van der Waals surface area contributed by atoms with Gasteiger partial charge in [-0.25, -0.2) is 4.79 Å². The molecule has 3 N–H and O–H groups in total. The van der Waals surface area contributed by atoms with Crippen LogP contribution in [0, 0.1) is 9.87 Å². The number of benzene rings is 3. The number of nitrogens with zero attached hydrogens (tertiary/aromatic N) is 3. The number of ether oxygens (including phenoxy) is 2. The predicted molar refractivity (Wildman–Crippen MR) is 162 cm³/mol. The minimum atomic E-state index is -1.19. The van der Waals surface area contributed by atoms with E-state index in [2.05, 4.69) is 10.2 Å². The molecule has 1 aromatic heterocycles. The molecule has 0 saturated carbocycles. The Bertz CT molecular complexity index is 1540. The summed E-state index contributed by atoms with van der Waals surface area (Å²) in [6.07, 6.45) is -0.987. The first-order valence-corrected chi connectivity index (χ1v) is 14.4. The summed E-state index contributed by atoms with van der Waals surface area (Å²) >= 11 is 6.08. The lowest BCUT2D eigenvalue weighted by Gasteiger charge is -2.32. The Labute approximate surface area is 252 Å². The van der Waals surface area contributed by atoms with E-state index in [1.54, 1.807) is 62.4 Å². The van der Waals surface area contributed by atoms with Crippen molar-refractivity contribution in [1.29, 1.82) is 0 Å². The molecule has 0 saturated heterocycles. The van der Waals surface area contributed by atoms with Gasteiger partial charge in [0.1, 0.15) is 19.0 Å². The summed E-state index contributed by atoms with van der Waals surface area (Å²) in [5.41, 5.74) is 8.83. The van der Waals surface area contributed by atoms with Crippen LogP contribution in [0.5, 0.6) is 5.75 Å². The molecule has 0 bridgehead atoms. The number of nitrogens with two attached hydrogens (primary N) is 1. The summed E-state index contributed by atoms with van der Waals surface area (Å²) in [5.74, 6) is -1.35. The van der Waals surface area contributed by atoms with Gasteiger partial charge in [0.05, 0.1) is 6.04 Å². The van der Waals surface area contributed by atoms with Crippen molar-refractivity contribution < 1.29 is 23.9 Å². The standard InChI is InChI=1S/C30H31N5O5S2/c1-20(2)26(36)34(28-32-33-29(41)42-28)35(30(38)40-19-23-11-7-4-8-12-23)27(37)25(31)17-21-13-15-24(16-14-21)39-18-22-9-5-3-6-10-22/h3-16,20,25H,17-19,31H2,1-2H3,(H,33,41)/t25-/m0/s1. The van der Waals surface area contributed by atoms with Gasteiger partial charge in [-0.05, 0) is 47.5 Å². The molecule has 0 aliphatic carbocycles. The molecule has 218 valence electrons. The van der Waals surface area contributed by atoms with E-state index in [-0.39, 0.29) is 22.1 Å². The molecule has 0 unspecified atom stereocenters. The summed E-state index contributed by atoms with van der Waals surface area (Å²) in [6, 6.07) is 24.7. The van der Waals surface area contributed by atoms with Crippen molar-refractivity contribution in [2.75, 3.05) is 5.01 Å². The molecular weight excluding hydrogens is 574 g/mol. The van der Waals surface area contributed by atoms with Gasteiger partial charge in [-0.1, -0.05) is 98.0 Å². The molecule has 1 heterocycles. The van der Waals surface area contributed by atoms with Gasteiger partial charge in [0.15, 0.2) is 3.95 Å². The van der Waals surface area contributed by atoms with Crippen LogP contribution in [-0.4, -0.2) is 39.2 Å². The molecule has 0 aliphatic heterocycles. The van der Waals surface area contributed by atoms with Crippen LogP contribution in [0.15, 0.2) is 84.9 Å². The molecule has 0 radical (unpaired) electrons. The van der Waals surface area contributed by atoms with Crippen LogP contribution in [0.4, 0.5) is 9.93 Å². The largest absolute Gasteiger partial charge is 0.489 e. The van der Waals surface area contributed by atoms with Crippen molar-refractivity contribution in [3.63, 3.8) is 0 Å². The van der Waals surface area contributed by atoms with E-state index in [1.165, 1.54) is 0 Å². The van der Waals surface area contributed by atoms with Gasteiger partial charge < -0.3 is 15.2 Å². The number of hydrogen-bond donors (Lipinski definition) is 2. The van der Waals surface area contributed by atoms with E-state index in [9.17, 15) is 14.4 Å². The van der Waals surface area contributed by atoms with E-state index in [1.807, 2.05) is 36.4 Å². The summed E-state index contributed by atoms with van der Waals surface area (Å²) in [6.45, 7) is 3.57. The van der Waals surface area contributed by atoms with Crippen molar-refractivity contribution in [1.82, 2.24) is 15.2 Å². The third kappa shape index (κ3) is 8.09. The number of carbonyl (C=O) groups is 3. The minimum Gasteiger partial charge on any atom is -0.489 e. The fourth-order valence-corrected chi connectivity index (χ4v) is 4.72. The van der Waals surface area contributed by atoms with Crippen LogP contribution in [0.1, 0.15) is 30.5 Å². The molecular formula is C30H31N5O5S2. The molecule has 3 aromatic carbocycles. The Kier molecular flexibility index (Phi) is 10.5. The number of hydrazine groups is 1. The van der Waals surface area contributed by atoms with Gasteiger partial charge in [-0.2, -0.15) is 5.01 Å². The van der Waals surface area contributed by atoms with Gasteiger partial charge in [-0.3, -0.25) is 14.7 Å². The Balaban J connectivity index is 1.54. The summed E-state index contributed by atoms with van der Waals surface area (Å²) < 4.78 is 11.6. The summed E-state index contributed by atoms with van der Waals surface area (Å²) in [4.78, 5) is 40.6. The maximum absolute atomic E-state index is 13.8. The Hall–Kier alpha value is -4.39. The van der Waals surface area contributed by atoms with Gasteiger partial charge in [0.25, 0.3) is 11.8 Å². The van der Waals surface area contributed by atoms with Crippen LogP contribution in [0.25, 0.3) is 0 Å². The van der Waals surface area contributed by atoms with Crippen molar-refractivity contribution >= 4 is 46.6 Å². The Morgan fingerprint density at radius 2 is 1.48 bits per heavy atom. The lowest BCUT2D eigenvalue weighted by Crippen LogP contribution is -2.59. The molecule has 0 spiro atoms. The van der Waals surface area contributed by atoms with Crippen molar-refractivity contribution in [2.24, 2.45) is 11.7 Å². The second kappa shape index (κ2) is 14.5. The highest BCUT2D eigenvalue weighted by Crippen LogP contribution is 2.24. The van der Waals surface area contributed by atoms with Crippen LogP contribution >= 0.6 is 23.6 Å². The Morgan fingerprint density at radius 1 is 0.881 bits per heavy atom. The fourth-order valence-electron chi connectivity index (χ4n) is 3.85. The van der Waals surface area contributed by atoms with E-state index in [0.717, 1.165) is 27.5 Å². The lowest BCUT2D eigenvalue weighted by atomic mass is 10.1. The van der Waals surface area contributed by atoms with Gasteiger partial charge in [0, 0.05) is 5.92 Å². The normalized spacial score (nSPS) is 11.5. The number of anilines is 1. The summed E-state index contributed by atoms with van der Waals surface area (Å²) in [7, 11) is 0. The van der Waals surface area contributed by atoms with Crippen LogP contribution in [0.3, 0.4) is 0 Å². The van der Waals surface area contributed by atoms with Crippen molar-refractivity contribution in [3.8, 4) is 5.75 Å². The number of carbonyl (C=O) groups excluding carboxylic acids is 3.